The zero-order valence-electron chi connectivity index (χ0n) is 14.5. The molecule has 6 heteroatoms. The number of esters is 1. The van der Waals surface area contributed by atoms with Gasteiger partial charge in [0, 0.05) is 0 Å². The van der Waals surface area contributed by atoms with Crippen molar-refractivity contribution in [3.8, 4) is 11.5 Å². The molecular formula is C19H21NO5. The second kappa shape index (κ2) is 8.73. The molecule has 0 atom stereocenters. The van der Waals surface area contributed by atoms with Crippen LogP contribution >= 0.6 is 0 Å². The smallest absolute Gasteiger partial charge is 0.310 e. The zero-order valence-corrected chi connectivity index (χ0v) is 14.5. The van der Waals surface area contributed by atoms with Gasteiger partial charge in [-0.2, -0.15) is 0 Å². The summed E-state index contributed by atoms with van der Waals surface area (Å²) in [5.41, 5.74) is 2.27. The minimum atomic E-state index is -0.486. The van der Waals surface area contributed by atoms with Crippen LogP contribution in [0.4, 0.5) is 5.69 Å². The number of carbonyl (C=O) groups is 2. The van der Waals surface area contributed by atoms with Gasteiger partial charge in [-0.1, -0.05) is 18.2 Å². The molecule has 0 saturated heterocycles. The fraction of sp³-hybridized carbons (Fsp3) is 0.263. The highest BCUT2D eigenvalue weighted by atomic mass is 16.5. The maximum atomic E-state index is 12.0. The Labute approximate surface area is 146 Å². The first-order valence-electron chi connectivity index (χ1n) is 7.75. The summed E-state index contributed by atoms with van der Waals surface area (Å²) in [4.78, 5) is 23.9. The van der Waals surface area contributed by atoms with Gasteiger partial charge in [-0.05, 0) is 42.3 Å². The Bertz CT molecular complexity index is 757. The van der Waals surface area contributed by atoms with E-state index in [0.717, 1.165) is 11.1 Å². The normalized spacial score (nSPS) is 10.0. The molecule has 1 amide bonds. The van der Waals surface area contributed by atoms with Gasteiger partial charge in [0.25, 0.3) is 5.91 Å². The lowest BCUT2D eigenvalue weighted by atomic mass is 10.1. The number of rotatable bonds is 7. The molecule has 0 aliphatic heterocycles. The highest BCUT2D eigenvalue weighted by Crippen LogP contribution is 2.25. The molecule has 2 aromatic rings. The minimum Gasteiger partial charge on any atom is -0.497 e. The number of hydrogen-bond acceptors (Lipinski definition) is 5. The SMILES string of the molecule is COc1cccc(CC(=O)OCC(=O)Nc2cc(C)ccc2OC)c1. The van der Waals surface area contributed by atoms with Crippen molar-refractivity contribution in [3.05, 3.63) is 53.6 Å². The quantitative estimate of drug-likeness (QED) is 0.783. The molecule has 0 aliphatic carbocycles. The molecule has 2 aromatic carbocycles. The van der Waals surface area contributed by atoms with Gasteiger partial charge in [-0.25, -0.2) is 0 Å². The van der Waals surface area contributed by atoms with Gasteiger partial charge >= 0.3 is 5.97 Å². The summed E-state index contributed by atoms with van der Waals surface area (Å²) in [5.74, 6) is 0.291. The van der Waals surface area contributed by atoms with Gasteiger partial charge in [0.1, 0.15) is 11.5 Å². The van der Waals surface area contributed by atoms with Crippen molar-refractivity contribution in [3.63, 3.8) is 0 Å². The summed E-state index contributed by atoms with van der Waals surface area (Å²) in [6.07, 6.45) is 0.0677. The second-order valence-corrected chi connectivity index (χ2v) is 5.44. The predicted molar refractivity (Wildman–Crippen MR) is 94.0 cm³/mol. The summed E-state index contributed by atoms with van der Waals surface area (Å²) < 4.78 is 15.3. The monoisotopic (exact) mass is 343 g/mol. The number of methoxy groups -OCH3 is 2. The number of ether oxygens (including phenoxy) is 3. The van der Waals surface area contributed by atoms with Crippen LogP contribution in [-0.4, -0.2) is 32.7 Å². The van der Waals surface area contributed by atoms with E-state index < -0.39 is 11.9 Å². The average Bonchev–Trinajstić information content (AvgIpc) is 2.60. The van der Waals surface area contributed by atoms with Crippen LogP contribution in [0.1, 0.15) is 11.1 Å². The van der Waals surface area contributed by atoms with Crippen LogP contribution in [0.5, 0.6) is 11.5 Å². The molecule has 0 unspecified atom stereocenters. The van der Waals surface area contributed by atoms with E-state index in [9.17, 15) is 9.59 Å². The van der Waals surface area contributed by atoms with Crippen LogP contribution in [0.25, 0.3) is 0 Å². The number of hydrogen-bond donors (Lipinski definition) is 1. The van der Waals surface area contributed by atoms with E-state index in [1.54, 1.807) is 43.5 Å². The minimum absolute atomic E-state index is 0.0677. The van der Waals surface area contributed by atoms with E-state index in [0.29, 0.717) is 17.2 Å². The van der Waals surface area contributed by atoms with Crippen molar-refractivity contribution in [2.24, 2.45) is 0 Å². The van der Waals surface area contributed by atoms with Crippen LogP contribution in [-0.2, 0) is 20.7 Å². The molecule has 132 valence electrons. The Morgan fingerprint density at radius 2 is 1.84 bits per heavy atom. The number of aryl methyl sites for hydroxylation is 1. The van der Waals surface area contributed by atoms with Crippen molar-refractivity contribution in [2.45, 2.75) is 13.3 Å². The van der Waals surface area contributed by atoms with Gasteiger partial charge in [-0.3, -0.25) is 9.59 Å². The highest BCUT2D eigenvalue weighted by Gasteiger charge is 2.11. The largest absolute Gasteiger partial charge is 0.497 e. The number of carbonyl (C=O) groups excluding carboxylic acids is 2. The number of nitrogens with one attached hydrogen (secondary N) is 1. The Morgan fingerprint density at radius 3 is 2.56 bits per heavy atom. The lowest BCUT2D eigenvalue weighted by molar-refractivity contribution is -0.146. The molecule has 0 bridgehead atoms. The summed E-state index contributed by atoms with van der Waals surface area (Å²) in [6.45, 7) is 1.54. The third-order valence-corrected chi connectivity index (χ3v) is 3.48. The molecular weight excluding hydrogens is 322 g/mol. The zero-order chi connectivity index (χ0) is 18.2. The van der Waals surface area contributed by atoms with E-state index in [4.69, 9.17) is 14.2 Å². The van der Waals surface area contributed by atoms with Gasteiger partial charge < -0.3 is 19.5 Å². The summed E-state index contributed by atoms with van der Waals surface area (Å²) in [6, 6.07) is 12.5. The lowest BCUT2D eigenvalue weighted by Gasteiger charge is -2.11. The van der Waals surface area contributed by atoms with Crippen LogP contribution in [0.15, 0.2) is 42.5 Å². The molecule has 2 rings (SSSR count). The van der Waals surface area contributed by atoms with E-state index in [2.05, 4.69) is 5.32 Å². The van der Waals surface area contributed by atoms with Crippen LogP contribution in [0.2, 0.25) is 0 Å². The first kappa shape index (κ1) is 18.3. The fourth-order valence-corrected chi connectivity index (χ4v) is 2.25. The Hall–Kier alpha value is -3.02. The molecule has 25 heavy (non-hydrogen) atoms. The number of benzene rings is 2. The molecule has 0 radical (unpaired) electrons. The predicted octanol–water partition coefficient (Wildman–Crippen LogP) is 2.74. The standard InChI is InChI=1S/C19H21NO5/c1-13-7-8-17(24-3)16(9-13)20-18(21)12-25-19(22)11-14-5-4-6-15(10-14)23-2/h4-10H,11-12H2,1-3H3,(H,20,21). The Kier molecular flexibility index (Phi) is 6.39. The van der Waals surface area contributed by atoms with Gasteiger partial charge in [0.05, 0.1) is 26.3 Å². The van der Waals surface area contributed by atoms with E-state index >= 15 is 0 Å². The highest BCUT2D eigenvalue weighted by molar-refractivity contribution is 5.94. The van der Waals surface area contributed by atoms with E-state index in [1.807, 2.05) is 13.0 Å². The van der Waals surface area contributed by atoms with Gasteiger partial charge in [0.2, 0.25) is 0 Å². The van der Waals surface area contributed by atoms with E-state index in [1.165, 1.54) is 7.11 Å². The first-order valence-corrected chi connectivity index (χ1v) is 7.75. The third kappa shape index (κ3) is 5.53. The average molecular weight is 343 g/mol. The second-order valence-electron chi connectivity index (χ2n) is 5.44. The maximum Gasteiger partial charge on any atom is 0.310 e. The van der Waals surface area contributed by atoms with Crippen molar-refractivity contribution in [2.75, 3.05) is 26.1 Å². The Balaban J connectivity index is 1.87. The summed E-state index contributed by atoms with van der Waals surface area (Å²) in [5, 5.41) is 2.68. The van der Waals surface area contributed by atoms with Crippen LogP contribution in [0.3, 0.4) is 0 Å². The van der Waals surface area contributed by atoms with Crippen molar-refractivity contribution >= 4 is 17.6 Å². The van der Waals surface area contributed by atoms with Gasteiger partial charge in [-0.15, -0.1) is 0 Å². The lowest BCUT2D eigenvalue weighted by Crippen LogP contribution is -2.22. The van der Waals surface area contributed by atoms with Crippen molar-refractivity contribution in [1.29, 1.82) is 0 Å². The maximum absolute atomic E-state index is 12.0. The molecule has 0 saturated carbocycles. The summed E-state index contributed by atoms with van der Waals surface area (Å²) in [7, 11) is 3.08. The topological polar surface area (TPSA) is 73.9 Å². The van der Waals surface area contributed by atoms with E-state index in [-0.39, 0.29) is 13.0 Å². The molecule has 0 heterocycles. The fourth-order valence-electron chi connectivity index (χ4n) is 2.25. The number of anilines is 1. The molecule has 6 nitrogen and oxygen atoms in total. The molecule has 0 spiro atoms. The Morgan fingerprint density at radius 1 is 1.04 bits per heavy atom. The van der Waals surface area contributed by atoms with Crippen LogP contribution < -0.4 is 14.8 Å². The van der Waals surface area contributed by atoms with Gasteiger partial charge in [0.15, 0.2) is 6.61 Å². The van der Waals surface area contributed by atoms with Crippen molar-refractivity contribution in [1.82, 2.24) is 0 Å². The third-order valence-electron chi connectivity index (χ3n) is 3.48. The molecule has 0 aliphatic rings. The molecule has 1 N–H and O–H groups in total. The van der Waals surface area contributed by atoms with Crippen LogP contribution in [0, 0.1) is 6.92 Å². The molecule has 0 fully saturated rings. The number of amides is 1. The first-order chi connectivity index (χ1) is 12.0. The summed E-state index contributed by atoms with van der Waals surface area (Å²) >= 11 is 0. The van der Waals surface area contributed by atoms with Crippen molar-refractivity contribution < 1.29 is 23.8 Å². The molecule has 0 aromatic heterocycles.